The highest BCUT2D eigenvalue weighted by atomic mass is 19.4. The second-order valence-corrected chi connectivity index (χ2v) is 9.94. The van der Waals surface area contributed by atoms with Crippen molar-refractivity contribution in [2.75, 3.05) is 44.7 Å². The first-order valence-corrected chi connectivity index (χ1v) is 12.1. The molecule has 2 amide bonds. The molecule has 0 atom stereocenters. The highest BCUT2D eigenvalue weighted by molar-refractivity contribution is 5.90. The van der Waals surface area contributed by atoms with Crippen LogP contribution in [-0.4, -0.2) is 80.3 Å². The van der Waals surface area contributed by atoms with E-state index in [9.17, 15) is 35.9 Å². The number of alkyl halides is 6. The average molecular weight is 538 g/mol. The summed E-state index contributed by atoms with van der Waals surface area (Å²) in [6, 6.07) is 5.93. The Labute approximate surface area is 210 Å². The summed E-state index contributed by atoms with van der Waals surface area (Å²) in [7, 11) is 1.35. The molecule has 3 aliphatic rings. The predicted octanol–water partition coefficient (Wildman–Crippen LogP) is 5.12. The number of benzene rings is 1. The molecule has 2 fully saturated rings. The molecule has 0 saturated carbocycles. The summed E-state index contributed by atoms with van der Waals surface area (Å²) >= 11 is 0. The smallest absolute Gasteiger partial charge is 0.434 e. The Hall–Kier alpha value is -2.70. The second-order valence-electron chi connectivity index (χ2n) is 9.94. The number of amides is 2. The normalized spacial score (nSPS) is 20.3. The molecular formula is C24H29F6N3O4. The van der Waals surface area contributed by atoms with Crippen LogP contribution in [0.4, 0.5) is 41.6 Å². The maximum atomic E-state index is 12.8. The number of hydrogen-bond acceptors (Lipinski definition) is 5. The molecule has 1 aromatic rings. The van der Waals surface area contributed by atoms with Crippen LogP contribution in [0, 0.1) is 5.41 Å². The molecule has 3 heterocycles. The number of fused-ring (bicyclic) bond motifs is 1. The van der Waals surface area contributed by atoms with Crippen molar-refractivity contribution in [2.24, 2.45) is 5.41 Å². The van der Waals surface area contributed by atoms with Gasteiger partial charge in [-0.05, 0) is 55.2 Å². The van der Waals surface area contributed by atoms with E-state index in [0.29, 0.717) is 32.5 Å². The zero-order valence-corrected chi connectivity index (χ0v) is 20.3. The van der Waals surface area contributed by atoms with Crippen molar-refractivity contribution in [1.82, 2.24) is 9.80 Å². The van der Waals surface area contributed by atoms with Crippen molar-refractivity contribution >= 4 is 17.9 Å². The quantitative estimate of drug-likeness (QED) is 0.501. The van der Waals surface area contributed by atoms with E-state index in [1.807, 2.05) is 18.2 Å². The monoisotopic (exact) mass is 537 g/mol. The van der Waals surface area contributed by atoms with E-state index >= 15 is 0 Å². The molecule has 206 valence electrons. The standard InChI is InChI=1S/C24H29F6N3O4/c1-36-21(35)33-10-3-6-16-4-2-5-17(18(16)33)14-31-11-7-22(15-31)8-12-32(13-9-22)20(34)37-19(23(25,26)27)24(28,29)30/h2,4-5,19H,3,6-15H2,1H3. The van der Waals surface area contributed by atoms with E-state index in [-0.39, 0.29) is 18.5 Å². The van der Waals surface area contributed by atoms with Crippen LogP contribution < -0.4 is 4.90 Å². The zero-order valence-electron chi connectivity index (χ0n) is 20.3. The largest absolute Gasteiger partial charge is 0.452 e. The molecule has 3 aliphatic heterocycles. The second kappa shape index (κ2) is 10.2. The number of nitrogens with zero attached hydrogens (tertiary/aromatic N) is 3. The average Bonchev–Trinajstić information content (AvgIpc) is 3.22. The Kier molecular flexibility index (Phi) is 7.55. The van der Waals surface area contributed by atoms with Gasteiger partial charge in [0.1, 0.15) is 0 Å². The lowest BCUT2D eigenvalue weighted by Crippen LogP contribution is -2.50. The molecular weight excluding hydrogens is 508 g/mol. The molecule has 13 heteroatoms. The lowest BCUT2D eigenvalue weighted by Gasteiger charge is -2.39. The summed E-state index contributed by atoms with van der Waals surface area (Å²) in [6.45, 7) is 2.61. The van der Waals surface area contributed by atoms with Gasteiger partial charge >= 0.3 is 24.5 Å². The van der Waals surface area contributed by atoms with E-state index in [1.165, 1.54) is 7.11 Å². The molecule has 0 aliphatic carbocycles. The van der Waals surface area contributed by atoms with Crippen LogP contribution in [0.5, 0.6) is 0 Å². The third-order valence-corrected chi connectivity index (χ3v) is 7.50. The van der Waals surface area contributed by atoms with Crippen molar-refractivity contribution in [3.05, 3.63) is 29.3 Å². The Morgan fingerprint density at radius 3 is 2.24 bits per heavy atom. The molecule has 0 N–H and O–H groups in total. The molecule has 4 rings (SSSR count). The van der Waals surface area contributed by atoms with Crippen LogP contribution in [0.15, 0.2) is 18.2 Å². The summed E-state index contributed by atoms with van der Waals surface area (Å²) in [4.78, 5) is 29.3. The van der Waals surface area contributed by atoms with Gasteiger partial charge < -0.3 is 14.4 Å². The van der Waals surface area contributed by atoms with E-state index < -0.39 is 30.6 Å². The van der Waals surface area contributed by atoms with Gasteiger partial charge in [-0.25, -0.2) is 9.59 Å². The highest BCUT2D eigenvalue weighted by Gasteiger charge is 2.60. The molecule has 7 nitrogen and oxygen atoms in total. The summed E-state index contributed by atoms with van der Waals surface area (Å²) < 4.78 is 85.3. The first kappa shape index (κ1) is 27.3. The number of carbonyl (C=O) groups is 2. The molecule has 0 bridgehead atoms. The summed E-state index contributed by atoms with van der Waals surface area (Å²) in [5.74, 6) is 0. The number of carbonyl (C=O) groups excluding carboxylic acids is 2. The highest BCUT2D eigenvalue weighted by Crippen LogP contribution is 2.43. The molecule has 1 spiro atoms. The van der Waals surface area contributed by atoms with Gasteiger partial charge in [0.15, 0.2) is 0 Å². The third kappa shape index (κ3) is 5.91. The number of piperidine rings is 1. The van der Waals surface area contributed by atoms with E-state index in [4.69, 9.17) is 4.74 Å². The Balaban J connectivity index is 1.37. The molecule has 1 aromatic carbocycles. The molecule has 0 radical (unpaired) electrons. The minimum Gasteiger partial charge on any atom is -0.452 e. The van der Waals surface area contributed by atoms with Gasteiger partial charge in [-0.3, -0.25) is 9.80 Å². The van der Waals surface area contributed by atoms with Crippen LogP contribution in [-0.2, 0) is 22.4 Å². The van der Waals surface area contributed by atoms with Gasteiger partial charge in [0.25, 0.3) is 6.10 Å². The number of likely N-dealkylation sites (tertiary alicyclic amines) is 2. The van der Waals surface area contributed by atoms with Crippen LogP contribution in [0.2, 0.25) is 0 Å². The van der Waals surface area contributed by atoms with Crippen LogP contribution >= 0.6 is 0 Å². The zero-order chi connectivity index (χ0) is 27.0. The van der Waals surface area contributed by atoms with Gasteiger partial charge in [0.2, 0.25) is 0 Å². The molecule has 37 heavy (non-hydrogen) atoms. The summed E-state index contributed by atoms with van der Waals surface area (Å²) in [5, 5.41) is 0. The Bertz CT molecular complexity index is 993. The van der Waals surface area contributed by atoms with Crippen molar-refractivity contribution in [3.8, 4) is 0 Å². The first-order valence-electron chi connectivity index (χ1n) is 12.1. The minimum absolute atomic E-state index is 0.0198. The maximum Gasteiger partial charge on any atom is 0.434 e. The molecule has 0 aromatic heterocycles. The van der Waals surface area contributed by atoms with Crippen LogP contribution in [0.3, 0.4) is 0 Å². The van der Waals surface area contributed by atoms with Crippen molar-refractivity contribution in [1.29, 1.82) is 0 Å². The van der Waals surface area contributed by atoms with Crippen molar-refractivity contribution in [3.63, 3.8) is 0 Å². The van der Waals surface area contributed by atoms with Gasteiger partial charge in [-0.15, -0.1) is 0 Å². The minimum atomic E-state index is -5.74. The number of para-hydroxylation sites is 1. The van der Waals surface area contributed by atoms with Crippen LogP contribution in [0.1, 0.15) is 36.8 Å². The molecule has 0 unspecified atom stereocenters. The van der Waals surface area contributed by atoms with Gasteiger partial charge in [0, 0.05) is 32.7 Å². The first-order chi connectivity index (χ1) is 17.3. The van der Waals surface area contributed by atoms with E-state index in [2.05, 4.69) is 9.64 Å². The predicted molar refractivity (Wildman–Crippen MR) is 120 cm³/mol. The molecule has 2 saturated heterocycles. The van der Waals surface area contributed by atoms with E-state index in [1.54, 1.807) is 4.90 Å². The lowest BCUT2D eigenvalue weighted by atomic mass is 9.78. The number of hydrogen-bond donors (Lipinski definition) is 0. The van der Waals surface area contributed by atoms with Gasteiger partial charge in [0.05, 0.1) is 12.8 Å². The van der Waals surface area contributed by atoms with Gasteiger partial charge in [-0.1, -0.05) is 18.2 Å². The summed E-state index contributed by atoms with van der Waals surface area (Å²) in [6.07, 6.45) is -14.3. The maximum absolute atomic E-state index is 12.8. The van der Waals surface area contributed by atoms with Crippen molar-refractivity contribution in [2.45, 2.75) is 57.1 Å². The number of rotatable bonds is 3. The fourth-order valence-corrected chi connectivity index (χ4v) is 5.62. The van der Waals surface area contributed by atoms with Crippen molar-refractivity contribution < 1.29 is 45.4 Å². The number of halogens is 6. The number of aryl methyl sites for hydroxylation is 1. The third-order valence-electron chi connectivity index (χ3n) is 7.50. The topological polar surface area (TPSA) is 62.3 Å². The van der Waals surface area contributed by atoms with Crippen LogP contribution in [0.25, 0.3) is 0 Å². The fourth-order valence-electron chi connectivity index (χ4n) is 5.62. The summed E-state index contributed by atoms with van der Waals surface area (Å²) in [5.41, 5.74) is 2.74. The fraction of sp³-hybridized carbons (Fsp3) is 0.667. The van der Waals surface area contributed by atoms with E-state index in [0.717, 1.165) is 47.5 Å². The number of anilines is 1. The Morgan fingerprint density at radius 1 is 0.973 bits per heavy atom. The number of methoxy groups -OCH3 is 1. The number of ether oxygens (including phenoxy) is 2. The lowest BCUT2D eigenvalue weighted by molar-refractivity contribution is -0.308. The van der Waals surface area contributed by atoms with Gasteiger partial charge in [-0.2, -0.15) is 26.3 Å². The Morgan fingerprint density at radius 2 is 1.62 bits per heavy atom. The SMILES string of the molecule is COC(=O)N1CCCc2cccc(CN3CCC4(CCN(C(=O)OC(C(F)(F)F)C(F)(F)F)CC4)C3)c21.